The van der Waals surface area contributed by atoms with Crippen LogP contribution in [0.1, 0.15) is 0 Å². The molecule has 94 valence electrons. The Labute approximate surface area is 109 Å². The van der Waals surface area contributed by atoms with E-state index in [-0.39, 0.29) is 16.8 Å². The van der Waals surface area contributed by atoms with Gasteiger partial charge in [0, 0.05) is 12.6 Å². The number of aryl methyl sites for hydroxylation is 1. The average Bonchev–Trinajstić information content (AvgIpc) is 2.44. The predicted octanol–water partition coefficient (Wildman–Crippen LogP) is 2.74. The van der Waals surface area contributed by atoms with E-state index in [1.807, 2.05) is 18.2 Å². The molecule has 0 radical (unpaired) electrons. The Morgan fingerprint density at radius 2 is 1.74 bits per heavy atom. The molecule has 1 aromatic heterocycles. The molecule has 0 aliphatic rings. The van der Waals surface area contributed by atoms with Gasteiger partial charge in [-0.1, -0.05) is 24.3 Å². The highest BCUT2D eigenvalue weighted by molar-refractivity contribution is 5.77. The summed E-state index contributed by atoms with van der Waals surface area (Å²) < 4.78 is 15.3. The number of halogens is 1. The second kappa shape index (κ2) is 4.31. The van der Waals surface area contributed by atoms with E-state index in [4.69, 9.17) is 0 Å². The maximum Gasteiger partial charge on any atom is 0.277 e. The van der Waals surface area contributed by atoms with Crippen LogP contribution >= 0.6 is 0 Å². The van der Waals surface area contributed by atoms with Crippen molar-refractivity contribution in [3.05, 3.63) is 64.7 Å². The number of para-hydroxylation sites is 2. The first-order valence-corrected chi connectivity index (χ1v) is 5.89. The molecule has 3 nitrogen and oxygen atoms in total. The fraction of sp³-hybridized carbons (Fsp3) is 0.0667. The van der Waals surface area contributed by atoms with E-state index in [2.05, 4.69) is 4.98 Å². The molecule has 0 spiro atoms. The van der Waals surface area contributed by atoms with Gasteiger partial charge in [0.05, 0.1) is 11.0 Å². The lowest BCUT2D eigenvalue weighted by Crippen LogP contribution is -2.21. The molecule has 0 amide bonds. The Bertz CT molecular complexity index is 824. The molecule has 0 aliphatic carbocycles. The molecule has 0 bridgehead atoms. The Morgan fingerprint density at radius 1 is 1.05 bits per heavy atom. The number of aromatic nitrogens is 2. The van der Waals surface area contributed by atoms with Gasteiger partial charge < -0.3 is 4.57 Å². The molecule has 0 saturated carbocycles. The van der Waals surface area contributed by atoms with Gasteiger partial charge in [-0.3, -0.25) is 4.79 Å². The molecule has 19 heavy (non-hydrogen) atoms. The molecule has 2 aromatic carbocycles. The minimum Gasteiger partial charge on any atom is -0.308 e. The highest BCUT2D eigenvalue weighted by Gasteiger charge is 2.13. The van der Waals surface area contributed by atoms with E-state index in [1.54, 1.807) is 31.3 Å². The van der Waals surface area contributed by atoms with Crippen molar-refractivity contribution in [3.63, 3.8) is 0 Å². The standard InChI is InChI=1S/C15H11FN2O/c1-18-13-9-5-4-8-12(13)17-14(15(18)19)10-6-2-3-7-11(10)16/h2-9H,1H3. The van der Waals surface area contributed by atoms with Crippen LogP contribution in [0.5, 0.6) is 0 Å². The van der Waals surface area contributed by atoms with Gasteiger partial charge in [-0.25, -0.2) is 9.37 Å². The SMILES string of the molecule is Cn1c(=O)c(-c2ccccc2F)nc2ccccc21. The van der Waals surface area contributed by atoms with Gasteiger partial charge in [-0.15, -0.1) is 0 Å². The van der Waals surface area contributed by atoms with Crippen LogP contribution in [-0.4, -0.2) is 9.55 Å². The number of fused-ring (bicyclic) bond motifs is 1. The molecular weight excluding hydrogens is 243 g/mol. The second-order valence-electron chi connectivity index (χ2n) is 4.29. The molecule has 0 fully saturated rings. The van der Waals surface area contributed by atoms with Gasteiger partial charge in [-0.2, -0.15) is 0 Å². The van der Waals surface area contributed by atoms with E-state index in [0.29, 0.717) is 5.52 Å². The van der Waals surface area contributed by atoms with E-state index >= 15 is 0 Å². The Hall–Kier alpha value is -2.49. The largest absolute Gasteiger partial charge is 0.308 e. The van der Waals surface area contributed by atoms with Crippen molar-refractivity contribution in [1.29, 1.82) is 0 Å². The molecule has 3 rings (SSSR count). The lowest BCUT2D eigenvalue weighted by atomic mass is 10.1. The van der Waals surface area contributed by atoms with E-state index < -0.39 is 5.82 Å². The normalized spacial score (nSPS) is 10.8. The van der Waals surface area contributed by atoms with Gasteiger partial charge >= 0.3 is 0 Å². The maximum atomic E-state index is 13.8. The topological polar surface area (TPSA) is 34.9 Å². The Kier molecular flexibility index (Phi) is 2.63. The fourth-order valence-corrected chi connectivity index (χ4v) is 2.11. The predicted molar refractivity (Wildman–Crippen MR) is 72.4 cm³/mol. The molecule has 0 atom stereocenters. The molecule has 0 saturated heterocycles. The van der Waals surface area contributed by atoms with Gasteiger partial charge in [0.15, 0.2) is 0 Å². The van der Waals surface area contributed by atoms with E-state index in [0.717, 1.165) is 5.52 Å². The van der Waals surface area contributed by atoms with Crippen molar-refractivity contribution in [2.24, 2.45) is 7.05 Å². The zero-order chi connectivity index (χ0) is 13.4. The number of rotatable bonds is 1. The van der Waals surface area contributed by atoms with Crippen LogP contribution in [0.15, 0.2) is 53.3 Å². The monoisotopic (exact) mass is 254 g/mol. The Balaban J connectivity index is 2.40. The average molecular weight is 254 g/mol. The van der Waals surface area contributed by atoms with Gasteiger partial charge in [-0.05, 0) is 24.3 Å². The van der Waals surface area contributed by atoms with Crippen molar-refractivity contribution in [2.75, 3.05) is 0 Å². The third-order valence-corrected chi connectivity index (χ3v) is 3.11. The number of hydrogen-bond acceptors (Lipinski definition) is 2. The smallest absolute Gasteiger partial charge is 0.277 e. The van der Waals surface area contributed by atoms with Crippen molar-refractivity contribution in [1.82, 2.24) is 9.55 Å². The second-order valence-corrected chi connectivity index (χ2v) is 4.29. The summed E-state index contributed by atoms with van der Waals surface area (Å²) in [6.45, 7) is 0. The summed E-state index contributed by atoms with van der Waals surface area (Å²) in [5.74, 6) is -0.442. The van der Waals surface area contributed by atoms with Crippen LogP contribution in [0.3, 0.4) is 0 Å². The highest BCUT2D eigenvalue weighted by atomic mass is 19.1. The quantitative estimate of drug-likeness (QED) is 0.669. The molecule has 3 aromatic rings. The highest BCUT2D eigenvalue weighted by Crippen LogP contribution is 2.19. The number of nitrogens with zero attached hydrogens (tertiary/aromatic N) is 2. The molecular formula is C15H11FN2O. The van der Waals surface area contributed by atoms with Crippen molar-refractivity contribution < 1.29 is 4.39 Å². The zero-order valence-corrected chi connectivity index (χ0v) is 10.3. The lowest BCUT2D eigenvalue weighted by Gasteiger charge is -2.08. The van der Waals surface area contributed by atoms with E-state index in [9.17, 15) is 9.18 Å². The van der Waals surface area contributed by atoms with Crippen molar-refractivity contribution >= 4 is 11.0 Å². The summed E-state index contributed by atoms with van der Waals surface area (Å²) in [6.07, 6.45) is 0. The van der Waals surface area contributed by atoms with Crippen molar-refractivity contribution in [3.8, 4) is 11.3 Å². The van der Waals surface area contributed by atoms with Gasteiger partial charge in [0.25, 0.3) is 5.56 Å². The van der Waals surface area contributed by atoms with Crippen LogP contribution in [-0.2, 0) is 7.05 Å². The minimum atomic E-state index is -0.442. The third kappa shape index (κ3) is 1.81. The summed E-state index contributed by atoms with van der Waals surface area (Å²) in [7, 11) is 1.66. The lowest BCUT2D eigenvalue weighted by molar-refractivity contribution is 0.630. The molecule has 4 heteroatoms. The number of hydrogen-bond donors (Lipinski definition) is 0. The minimum absolute atomic E-state index is 0.138. The van der Waals surface area contributed by atoms with Crippen LogP contribution < -0.4 is 5.56 Å². The number of benzene rings is 2. The zero-order valence-electron chi connectivity index (χ0n) is 10.3. The third-order valence-electron chi connectivity index (χ3n) is 3.11. The van der Waals surface area contributed by atoms with Crippen LogP contribution in [0.2, 0.25) is 0 Å². The fourth-order valence-electron chi connectivity index (χ4n) is 2.11. The first-order chi connectivity index (χ1) is 9.18. The molecule has 0 aliphatic heterocycles. The van der Waals surface area contributed by atoms with Gasteiger partial charge in [0.2, 0.25) is 0 Å². The molecule has 0 unspecified atom stereocenters. The first-order valence-electron chi connectivity index (χ1n) is 5.89. The van der Waals surface area contributed by atoms with Crippen LogP contribution in [0.25, 0.3) is 22.3 Å². The summed E-state index contributed by atoms with van der Waals surface area (Å²) in [6, 6.07) is 13.5. The summed E-state index contributed by atoms with van der Waals surface area (Å²) in [5.41, 5.74) is 1.47. The molecule has 1 heterocycles. The van der Waals surface area contributed by atoms with Gasteiger partial charge in [0.1, 0.15) is 11.5 Å². The first kappa shape index (κ1) is 11.6. The van der Waals surface area contributed by atoms with Crippen LogP contribution in [0, 0.1) is 5.82 Å². The van der Waals surface area contributed by atoms with Crippen molar-refractivity contribution in [2.45, 2.75) is 0 Å². The summed E-state index contributed by atoms with van der Waals surface area (Å²) >= 11 is 0. The maximum absolute atomic E-state index is 13.8. The molecule has 0 N–H and O–H groups in total. The summed E-state index contributed by atoms with van der Waals surface area (Å²) in [4.78, 5) is 16.6. The van der Waals surface area contributed by atoms with E-state index in [1.165, 1.54) is 10.6 Å². The van der Waals surface area contributed by atoms with Crippen LogP contribution in [0.4, 0.5) is 4.39 Å². The Morgan fingerprint density at radius 3 is 2.53 bits per heavy atom. The summed E-state index contributed by atoms with van der Waals surface area (Å²) in [5, 5.41) is 0.